The normalized spacial score (nSPS) is 10.8. The maximum absolute atomic E-state index is 12.0. The molecule has 2 heterocycles. The molecule has 0 aliphatic rings. The lowest BCUT2D eigenvalue weighted by Crippen LogP contribution is -2.21. The fourth-order valence-electron chi connectivity index (χ4n) is 2.29. The van der Waals surface area contributed by atoms with Crippen LogP contribution in [0.5, 0.6) is 5.88 Å². The number of benzene rings is 1. The number of aromatic nitrogens is 4. The first-order valence-corrected chi connectivity index (χ1v) is 7.14. The van der Waals surface area contributed by atoms with Gasteiger partial charge in [0.15, 0.2) is 0 Å². The molecule has 0 bridgehead atoms. The van der Waals surface area contributed by atoms with Crippen molar-refractivity contribution >= 4 is 16.9 Å². The van der Waals surface area contributed by atoms with Crippen LogP contribution in [0.4, 0.5) is 5.82 Å². The third kappa shape index (κ3) is 2.93. The van der Waals surface area contributed by atoms with Crippen LogP contribution in [0, 0.1) is 0 Å². The highest BCUT2D eigenvalue weighted by Crippen LogP contribution is 2.11. The van der Waals surface area contributed by atoms with E-state index in [4.69, 9.17) is 4.74 Å². The molecular formula is C15H17N5O2. The first kappa shape index (κ1) is 14.1. The molecule has 0 spiro atoms. The van der Waals surface area contributed by atoms with Gasteiger partial charge < -0.3 is 15.0 Å². The molecule has 0 atom stereocenters. The van der Waals surface area contributed by atoms with E-state index >= 15 is 0 Å². The lowest BCUT2D eigenvalue weighted by Gasteiger charge is -2.08. The van der Waals surface area contributed by atoms with E-state index in [1.54, 1.807) is 10.6 Å². The minimum atomic E-state index is -0.110. The Kier molecular flexibility index (Phi) is 4.04. The zero-order valence-electron chi connectivity index (χ0n) is 12.2. The summed E-state index contributed by atoms with van der Waals surface area (Å²) in [6.07, 6.45) is 1.45. The number of imidazole rings is 1. The van der Waals surface area contributed by atoms with E-state index in [1.165, 1.54) is 6.33 Å². The molecule has 0 aliphatic carbocycles. The van der Waals surface area contributed by atoms with E-state index in [-0.39, 0.29) is 5.69 Å². The largest absolute Gasteiger partial charge is 0.478 e. The number of H-pyrrole nitrogens is 1. The van der Waals surface area contributed by atoms with Gasteiger partial charge in [0.1, 0.15) is 12.1 Å². The molecule has 3 rings (SSSR count). The van der Waals surface area contributed by atoms with Gasteiger partial charge in [0.2, 0.25) is 5.88 Å². The van der Waals surface area contributed by atoms with Crippen LogP contribution in [0.25, 0.3) is 11.0 Å². The maximum atomic E-state index is 12.0. The summed E-state index contributed by atoms with van der Waals surface area (Å²) >= 11 is 0. The molecule has 2 aromatic heterocycles. The number of nitrogens with zero attached hydrogens (tertiary/aromatic N) is 3. The van der Waals surface area contributed by atoms with Crippen molar-refractivity contribution in [3.05, 3.63) is 47.1 Å². The molecule has 3 aromatic rings. The molecule has 22 heavy (non-hydrogen) atoms. The van der Waals surface area contributed by atoms with Crippen molar-refractivity contribution in [3.8, 4) is 5.88 Å². The van der Waals surface area contributed by atoms with Gasteiger partial charge in [-0.3, -0.25) is 4.57 Å². The first-order valence-electron chi connectivity index (χ1n) is 7.14. The predicted molar refractivity (Wildman–Crippen MR) is 84.2 cm³/mol. The molecular weight excluding hydrogens is 282 g/mol. The molecule has 2 N–H and O–H groups in total. The lowest BCUT2D eigenvalue weighted by atomic mass is 10.3. The van der Waals surface area contributed by atoms with Gasteiger partial charge in [-0.25, -0.2) is 14.8 Å². The van der Waals surface area contributed by atoms with E-state index in [9.17, 15) is 4.79 Å². The molecule has 0 fully saturated rings. The Hall–Kier alpha value is -2.83. The zero-order valence-corrected chi connectivity index (χ0v) is 12.2. The summed E-state index contributed by atoms with van der Waals surface area (Å²) < 4.78 is 7.03. The van der Waals surface area contributed by atoms with Crippen molar-refractivity contribution in [2.75, 3.05) is 18.5 Å². The van der Waals surface area contributed by atoms with Crippen LogP contribution in [0.3, 0.4) is 0 Å². The van der Waals surface area contributed by atoms with E-state index in [1.807, 2.05) is 31.2 Å². The van der Waals surface area contributed by atoms with Crippen molar-refractivity contribution in [1.29, 1.82) is 0 Å². The maximum Gasteiger partial charge on any atom is 0.326 e. The van der Waals surface area contributed by atoms with Crippen molar-refractivity contribution in [3.63, 3.8) is 0 Å². The second-order valence-corrected chi connectivity index (χ2v) is 4.70. The summed E-state index contributed by atoms with van der Waals surface area (Å²) in [7, 11) is 0. The Bertz CT molecular complexity index is 824. The summed E-state index contributed by atoms with van der Waals surface area (Å²) in [5, 5.41) is 3.17. The number of para-hydroxylation sites is 2. The van der Waals surface area contributed by atoms with Crippen LogP contribution >= 0.6 is 0 Å². The Morgan fingerprint density at radius 3 is 3.05 bits per heavy atom. The molecule has 0 amide bonds. The van der Waals surface area contributed by atoms with Gasteiger partial charge >= 0.3 is 5.69 Å². The van der Waals surface area contributed by atoms with Crippen molar-refractivity contribution in [1.82, 2.24) is 19.5 Å². The van der Waals surface area contributed by atoms with Crippen LogP contribution in [0.15, 0.2) is 41.5 Å². The number of fused-ring (bicyclic) bond motifs is 1. The Balaban J connectivity index is 1.69. The molecule has 0 radical (unpaired) electrons. The predicted octanol–water partition coefficient (Wildman–Crippen LogP) is 1.63. The number of nitrogens with one attached hydrogen (secondary N) is 2. The number of aromatic amines is 1. The summed E-state index contributed by atoms with van der Waals surface area (Å²) in [6, 6.07) is 9.36. The fourth-order valence-corrected chi connectivity index (χ4v) is 2.29. The third-order valence-corrected chi connectivity index (χ3v) is 3.26. The van der Waals surface area contributed by atoms with E-state index in [2.05, 4.69) is 20.3 Å². The smallest absolute Gasteiger partial charge is 0.326 e. The number of rotatable bonds is 6. The number of anilines is 1. The SMILES string of the molecule is CCOc1cc(NCCn2c(=O)[nH]c3ccccc32)ncn1. The summed E-state index contributed by atoms with van der Waals surface area (Å²) in [4.78, 5) is 22.9. The average Bonchev–Trinajstić information content (AvgIpc) is 2.84. The van der Waals surface area contributed by atoms with Crippen LogP contribution in [0.1, 0.15) is 6.92 Å². The second-order valence-electron chi connectivity index (χ2n) is 4.70. The molecule has 114 valence electrons. The van der Waals surface area contributed by atoms with Crippen LogP contribution in [-0.2, 0) is 6.54 Å². The summed E-state index contributed by atoms with van der Waals surface area (Å²) in [5.41, 5.74) is 1.63. The highest BCUT2D eigenvalue weighted by Gasteiger charge is 2.05. The fraction of sp³-hybridized carbons (Fsp3) is 0.267. The molecule has 7 heteroatoms. The number of hydrogen-bond acceptors (Lipinski definition) is 5. The van der Waals surface area contributed by atoms with Gasteiger partial charge in [-0.05, 0) is 19.1 Å². The van der Waals surface area contributed by atoms with Crippen LogP contribution in [0.2, 0.25) is 0 Å². The van der Waals surface area contributed by atoms with Crippen LogP contribution in [-0.4, -0.2) is 32.7 Å². The molecule has 7 nitrogen and oxygen atoms in total. The minimum Gasteiger partial charge on any atom is -0.478 e. The Morgan fingerprint density at radius 1 is 1.32 bits per heavy atom. The van der Waals surface area contributed by atoms with Gasteiger partial charge in [0.25, 0.3) is 0 Å². The standard InChI is InChI=1S/C15H17N5O2/c1-2-22-14-9-13(17-10-18-14)16-7-8-20-12-6-4-3-5-11(12)19-15(20)21/h3-6,9-10H,2,7-8H2,1H3,(H,19,21)(H,16,17,18). The summed E-state index contributed by atoms with van der Waals surface area (Å²) in [6.45, 7) is 3.57. The third-order valence-electron chi connectivity index (χ3n) is 3.26. The highest BCUT2D eigenvalue weighted by atomic mass is 16.5. The number of hydrogen-bond donors (Lipinski definition) is 2. The van der Waals surface area contributed by atoms with E-state index < -0.39 is 0 Å². The highest BCUT2D eigenvalue weighted by molar-refractivity contribution is 5.74. The second kappa shape index (κ2) is 6.30. The average molecular weight is 299 g/mol. The van der Waals surface area contributed by atoms with Crippen molar-refractivity contribution < 1.29 is 4.74 Å². The van der Waals surface area contributed by atoms with Gasteiger partial charge in [0, 0.05) is 19.2 Å². The quantitative estimate of drug-likeness (QED) is 0.722. The molecule has 1 aromatic carbocycles. The monoisotopic (exact) mass is 299 g/mol. The first-order chi connectivity index (χ1) is 10.8. The van der Waals surface area contributed by atoms with Gasteiger partial charge in [0.05, 0.1) is 17.6 Å². The zero-order chi connectivity index (χ0) is 15.4. The van der Waals surface area contributed by atoms with Crippen molar-refractivity contribution in [2.45, 2.75) is 13.5 Å². The minimum absolute atomic E-state index is 0.110. The van der Waals surface area contributed by atoms with Gasteiger partial charge in [-0.1, -0.05) is 12.1 Å². The molecule has 0 saturated heterocycles. The Labute approximate surface area is 127 Å². The van der Waals surface area contributed by atoms with E-state index in [0.29, 0.717) is 31.4 Å². The van der Waals surface area contributed by atoms with Crippen LogP contribution < -0.4 is 15.7 Å². The lowest BCUT2D eigenvalue weighted by molar-refractivity contribution is 0.326. The van der Waals surface area contributed by atoms with E-state index in [0.717, 1.165) is 11.0 Å². The molecule has 0 saturated carbocycles. The van der Waals surface area contributed by atoms with Gasteiger partial charge in [-0.2, -0.15) is 0 Å². The van der Waals surface area contributed by atoms with Gasteiger partial charge in [-0.15, -0.1) is 0 Å². The topological polar surface area (TPSA) is 84.8 Å². The number of ether oxygens (including phenoxy) is 1. The Morgan fingerprint density at radius 2 is 2.18 bits per heavy atom. The molecule has 0 aliphatic heterocycles. The van der Waals surface area contributed by atoms with Crippen molar-refractivity contribution in [2.24, 2.45) is 0 Å². The summed E-state index contributed by atoms with van der Waals surface area (Å²) in [5.74, 6) is 1.20. The molecule has 0 unspecified atom stereocenters.